The summed E-state index contributed by atoms with van der Waals surface area (Å²) in [6, 6.07) is 3.62. The van der Waals surface area contributed by atoms with Crippen LogP contribution in [-0.4, -0.2) is 27.4 Å². The number of aliphatic hydroxyl groups excluding tert-OH is 1. The molecule has 0 aromatic carbocycles. The average molecular weight is 275 g/mol. The van der Waals surface area contributed by atoms with E-state index in [1.807, 2.05) is 19.3 Å². The summed E-state index contributed by atoms with van der Waals surface area (Å²) in [6.45, 7) is 0.162. The van der Waals surface area contributed by atoms with Crippen molar-refractivity contribution in [2.75, 3.05) is 6.61 Å². The molecular formula is C13H13N3O2S. The Morgan fingerprint density at radius 2 is 2.42 bits per heavy atom. The van der Waals surface area contributed by atoms with Crippen LogP contribution in [0.3, 0.4) is 0 Å². The third-order valence-electron chi connectivity index (χ3n) is 2.37. The first-order valence-electron chi connectivity index (χ1n) is 5.64. The SMILES string of the molecule is Cn1ccc(CNC(=O)c2sccc2C#CCO)n1. The standard InChI is InChI=1S/C13H13N3O2S/c1-16-6-4-11(15-16)9-14-13(18)12-10(3-2-7-17)5-8-19-12/h4-6,8,17H,7,9H2,1H3,(H,14,18). The van der Waals surface area contributed by atoms with Crippen LogP contribution in [-0.2, 0) is 13.6 Å². The molecule has 1 amide bonds. The van der Waals surface area contributed by atoms with E-state index >= 15 is 0 Å². The second-order valence-electron chi connectivity index (χ2n) is 3.79. The minimum Gasteiger partial charge on any atom is -0.384 e. The number of carbonyl (C=O) groups is 1. The molecule has 2 aromatic heterocycles. The molecular weight excluding hydrogens is 262 g/mol. The Morgan fingerprint density at radius 1 is 1.58 bits per heavy atom. The smallest absolute Gasteiger partial charge is 0.262 e. The molecule has 19 heavy (non-hydrogen) atoms. The number of aryl methyl sites for hydroxylation is 1. The van der Waals surface area contributed by atoms with E-state index in [4.69, 9.17) is 5.11 Å². The molecule has 0 atom stereocenters. The molecule has 5 nitrogen and oxygen atoms in total. The quantitative estimate of drug-likeness (QED) is 0.813. The van der Waals surface area contributed by atoms with Crippen LogP contribution in [0.5, 0.6) is 0 Å². The molecule has 6 heteroatoms. The number of aliphatic hydroxyl groups is 1. The Kier molecular flexibility index (Phi) is 4.34. The van der Waals surface area contributed by atoms with Crippen molar-refractivity contribution in [3.63, 3.8) is 0 Å². The fourth-order valence-electron chi connectivity index (χ4n) is 1.53. The summed E-state index contributed by atoms with van der Waals surface area (Å²) in [5.41, 5.74) is 1.44. The lowest BCUT2D eigenvalue weighted by Crippen LogP contribution is -2.22. The van der Waals surface area contributed by atoms with Gasteiger partial charge in [-0.15, -0.1) is 11.3 Å². The molecule has 0 aliphatic heterocycles. The van der Waals surface area contributed by atoms with E-state index in [-0.39, 0.29) is 12.5 Å². The molecule has 0 saturated carbocycles. The molecule has 0 bridgehead atoms. The number of nitrogens with one attached hydrogen (secondary N) is 1. The Morgan fingerprint density at radius 3 is 3.11 bits per heavy atom. The van der Waals surface area contributed by atoms with Gasteiger partial charge in [-0.25, -0.2) is 0 Å². The van der Waals surface area contributed by atoms with Gasteiger partial charge in [0, 0.05) is 18.8 Å². The van der Waals surface area contributed by atoms with Gasteiger partial charge < -0.3 is 10.4 Å². The molecule has 0 saturated heterocycles. The van der Waals surface area contributed by atoms with Crippen molar-refractivity contribution in [2.45, 2.75) is 6.54 Å². The van der Waals surface area contributed by atoms with Gasteiger partial charge in [-0.3, -0.25) is 9.48 Å². The van der Waals surface area contributed by atoms with Crippen LogP contribution in [0.2, 0.25) is 0 Å². The van der Waals surface area contributed by atoms with Gasteiger partial charge in [0.2, 0.25) is 0 Å². The monoisotopic (exact) mass is 275 g/mol. The zero-order valence-corrected chi connectivity index (χ0v) is 11.2. The van der Waals surface area contributed by atoms with Crippen LogP contribution < -0.4 is 5.32 Å². The molecule has 0 radical (unpaired) electrons. The Balaban J connectivity index is 2.02. The van der Waals surface area contributed by atoms with Crippen LogP contribution in [0.25, 0.3) is 0 Å². The number of thiophene rings is 1. The maximum atomic E-state index is 12.0. The van der Waals surface area contributed by atoms with Crippen molar-refractivity contribution in [1.82, 2.24) is 15.1 Å². The van der Waals surface area contributed by atoms with Gasteiger partial charge in [-0.2, -0.15) is 5.10 Å². The van der Waals surface area contributed by atoms with Gasteiger partial charge in [0.05, 0.1) is 12.2 Å². The molecule has 2 N–H and O–H groups in total. The fourth-order valence-corrected chi connectivity index (χ4v) is 2.29. The number of carbonyl (C=O) groups excluding carboxylic acids is 1. The van der Waals surface area contributed by atoms with Gasteiger partial charge in [0.1, 0.15) is 11.5 Å². The number of amides is 1. The predicted molar refractivity (Wildman–Crippen MR) is 72.7 cm³/mol. The molecule has 2 heterocycles. The van der Waals surface area contributed by atoms with Gasteiger partial charge in [0.25, 0.3) is 5.91 Å². The second-order valence-corrected chi connectivity index (χ2v) is 4.70. The molecule has 0 aliphatic rings. The highest BCUT2D eigenvalue weighted by atomic mass is 32.1. The van der Waals surface area contributed by atoms with E-state index in [0.717, 1.165) is 5.69 Å². The van der Waals surface area contributed by atoms with E-state index in [1.54, 1.807) is 16.1 Å². The first-order valence-corrected chi connectivity index (χ1v) is 6.52. The van der Waals surface area contributed by atoms with Crippen molar-refractivity contribution in [1.29, 1.82) is 0 Å². The summed E-state index contributed by atoms with van der Waals surface area (Å²) in [7, 11) is 1.83. The molecule has 98 valence electrons. The first kappa shape index (κ1) is 13.3. The largest absolute Gasteiger partial charge is 0.384 e. The second kappa shape index (κ2) is 6.18. The lowest BCUT2D eigenvalue weighted by atomic mass is 10.2. The van der Waals surface area contributed by atoms with E-state index in [1.165, 1.54) is 11.3 Å². The van der Waals surface area contributed by atoms with Crippen molar-refractivity contribution < 1.29 is 9.90 Å². The van der Waals surface area contributed by atoms with Gasteiger partial charge in [-0.05, 0) is 17.5 Å². The Hall–Kier alpha value is -2.10. The fraction of sp³-hybridized carbons (Fsp3) is 0.231. The summed E-state index contributed by atoms with van der Waals surface area (Å²) in [5, 5.41) is 17.4. The third kappa shape index (κ3) is 3.44. The van der Waals surface area contributed by atoms with Crippen LogP contribution in [0.15, 0.2) is 23.7 Å². The predicted octanol–water partition coefficient (Wildman–Crippen LogP) is 0.755. The van der Waals surface area contributed by atoms with E-state index in [2.05, 4.69) is 22.3 Å². The van der Waals surface area contributed by atoms with Crippen LogP contribution >= 0.6 is 11.3 Å². The van der Waals surface area contributed by atoms with E-state index in [9.17, 15) is 4.79 Å². The molecule has 2 rings (SSSR count). The Labute approximate surface area is 114 Å². The third-order valence-corrected chi connectivity index (χ3v) is 3.29. The first-order chi connectivity index (χ1) is 9.20. The topological polar surface area (TPSA) is 67.2 Å². The number of aromatic nitrogens is 2. The van der Waals surface area contributed by atoms with Crippen molar-refractivity contribution in [3.05, 3.63) is 39.8 Å². The number of hydrogen-bond donors (Lipinski definition) is 2. The maximum Gasteiger partial charge on any atom is 0.262 e. The van der Waals surface area contributed by atoms with Gasteiger partial charge in [-0.1, -0.05) is 11.8 Å². The minimum absolute atomic E-state index is 0.178. The Bertz CT molecular complexity index is 634. The van der Waals surface area contributed by atoms with Crippen LogP contribution in [0.4, 0.5) is 0 Å². The maximum absolute atomic E-state index is 12.0. The number of rotatable bonds is 3. The summed E-state index contributed by atoms with van der Waals surface area (Å²) >= 11 is 1.33. The zero-order valence-electron chi connectivity index (χ0n) is 10.4. The van der Waals surface area contributed by atoms with Gasteiger partial charge >= 0.3 is 0 Å². The average Bonchev–Trinajstić information content (AvgIpc) is 3.02. The van der Waals surface area contributed by atoms with Crippen molar-refractivity contribution >= 4 is 17.2 Å². The highest BCUT2D eigenvalue weighted by Crippen LogP contribution is 2.15. The van der Waals surface area contributed by atoms with Crippen LogP contribution in [0, 0.1) is 11.8 Å². The molecule has 0 fully saturated rings. The molecule has 0 unspecified atom stereocenters. The summed E-state index contributed by atoms with van der Waals surface area (Å²) in [6.07, 6.45) is 1.82. The summed E-state index contributed by atoms with van der Waals surface area (Å²) in [4.78, 5) is 12.6. The number of nitrogens with zero attached hydrogens (tertiary/aromatic N) is 2. The van der Waals surface area contributed by atoms with Crippen molar-refractivity contribution in [3.8, 4) is 11.8 Å². The van der Waals surface area contributed by atoms with Crippen LogP contribution in [0.1, 0.15) is 20.9 Å². The lowest BCUT2D eigenvalue weighted by Gasteiger charge is -2.01. The summed E-state index contributed by atoms with van der Waals surface area (Å²) < 4.78 is 1.69. The highest BCUT2D eigenvalue weighted by molar-refractivity contribution is 7.12. The van der Waals surface area contributed by atoms with Crippen molar-refractivity contribution in [2.24, 2.45) is 7.05 Å². The minimum atomic E-state index is -0.217. The van der Waals surface area contributed by atoms with E-state index in [0.29, 0.717) is 17.0 Å². The zero-order chi connectivity index (χ0) is 13.7. The highest BCUT2D eigenvalue weighted by Gasteiger charge is 2.11. The summed E-state index contributed by atoms with van der Waals surface area (Å²) in [5.74, 6) is 5.12. The lowest BCUT2D eigenvalue weighted by molar-refractivity contribution is 0.0954. The molecule has 0 spiro atoms. The van der Waals surface area contributed by atoms with E-state index < -0.39 is 0 Å². The van der Waals surface area contributed by atoms with Gasteiger partial charge in [0.15, 0.2) is 0 Å². The molecule has 2 aromatic rings. The normalized spacial score (nSPS) is 9.79. The molecule has 0 aliphatic carbocycles. The number of hydrogen-bond acceptors (Lipinski definition) is 4.